The lowest BCUT2D eigenvalue weighted by molar-refractivity contribution is -0.112. The van der Waals surface area contributed by atoms with E-state index in [0.717, 1.165) is 58.3 Å². The number of nitrogens with two attached hydrogens (primary N) is 1. The van der Waals surface area contributed by atoms with Crippen molar-refractivity contribution in [3.05, 3.63) is 57.1 Å². The van der Waals surface area contributed by atoms with Crippen LogP contribution in [0.15, 0.2) is 29.8 Å². The molecule has 6 nitrogen and oxygen atoms in total. The molecule has 0 spiro atoms. The minimum atomic E-state index is -0.547. The summed E-state index contributed by atoms with van der Waals surface area (Å²) in [6, 6.07) is 9.71. The van der Waals surface area contributed by atoms with Crippen LogP contribution in [0.1, 0.15) is 44.9 Å². The number of H-pyrrole nitrogens is 1. The van der Waals surface area contributed by atoms with Gasteiger partial charge < -0.3 is 16.0 Å². The minimum absolute atomic E-state index is 0.0281. The highest BCUT2D eigenvalue weighted by molar-refractivity contribution is 7.17. The maximum Gasteiger partial charge on any atom is 0.266 e. The van der Waals surface area contributed by atoms with Crippen molar-refractivity contribution in [2.45, 2.75) is 32.6 Å². The first-order chi connectivity index (χ1) is 14.0. The Bertz CT molecular complexity index is 1210. The van der Waals surface area contributed by atoms with Gasteiger partial charge in [0.05, 0.1) is 5.56 Å². The molecule has 0 radical (unpaired) electrons. The summed E-state index contributed by atoms with van der Waals surface area (Å²) in [6.45, 7) is 1.90. The number of nitriles is 1. The summed E-state index contributed by atoms with van der Waals surface area (Å²) in [4.78, 5) is 29.2. The number of fused-ring (bicyclic) bond motifs is 2. The van der Waals surface area contributed by atoms with Gasteiger partial charge in [-0.1, -0.05) is 18.2 Å². The molecule has 0 unspecified atom stereocenters. The highest BCUT2D eigenvalue weighted by atomic mass is 32.1. The smallest absolute Gasteiger partial charge is 0.266 e. The first-order valence-corrected chi connectivity index (χ1v) is 10.3. The molecule has 0 saturated heterocycles. The standard InChI is InChI=1S/C22H20N4O2S/c1-12-16(14-6-2-4-8-17(14)25-12)10-13(11-23)21(28)26-22-19(20(24)27)15-7-3-5-9-18(15)29-22/h2,4,6,8,10,25H,3,5,7,9H2,1H3,(H2,24,27)(H,26,28)/b13-10-. The van der Waals surface area contributed by atoms with Crippen LogP contribution in [0.4, 0.5) is 5.00 Å². The van der Waals surface area contributed by atoms with E-state index >= 15 is 0 Å². The maximum absolute atomic E-state index is 12.8. The van der Waals surface area contributed by atoms with Crippen molar-refractivity contribution in [3.63, 3.8) is 0 Å². The number of anilines is 1. The number of nitrogens with zero attached hydrogens (tertiary/aromatic N) is 1. The van der Waals surface area contributed by atoms with Crippen molar-refractivity contribution in [1.29, 1.82) is 5.26 Å². The van der Waals surface area contributed by atoms with Crippen LogP contribution >= 0.6 is 11.3 Å². The summed E-state index contributed by atoms with van der Waals surface area (Å²) in [5.74, 6) is -1.09. The number of benzene rings is 1. The van der Waals surface area contributed by atoms with E-state index in [1.165, 1.54) is 11.3 Å². The largest absolute Gasteiger partial charge is 0.365 e. The molecule has 4 N–H and O–H groups in total. The SMILES string of the molecule is Cc1[nH]c2ccccc2c1/C=C(/C#N)C(=O)Nc1sc2c(c1C(N)=O)CCCC2. The number of aromatic amines is 1. The number of thiophene rings is 1. The van der Waals surface area contributed by atoms with Crippen LogP contribution in [0.3, 0.4) is 0 Å². The molecular weight excluding hydrogens is 384 g/mol. The lowest BCUT2D eigenvalue weighted by Crippen LogP contribution is -2.19. The Balaban J connectivity index is 1.70. The summed E-state index contributed by atoms with van der Waals surface area (Å²) in [5.41, 5.74) is 9.51. The molecule has 146 valence electrons. The molecule has 2 aromatic heterocycles. The van der Waals surface area contributed by atoms with Crippen LogP contribution in [0, 0.1) is 18.3 Å². The Morgan fingerprint density at radius 1 is 1.28 bits per heavy atom. The summed E-state index contributed by atoms with van der Waals surface area (Å²) in [7, 11) is 0. The fraction of sp³-hybridized carbons (Fsp3) is 0.227. The van der Waals surface area contributed by atoms with Crippen molar-refractivity contribution >= 4 is 45.1 Å². The third kappa shape index (κ3) is 3.43. The second-order valence-electron chi connectivity index (χ2n) is 7.11. The van der Waals surface area contributed by atoms with Crippen LogP contribution in [-0.2, 0) is 17.6 Å². The van der Waals surface area contributed by atoms with Gasteiger partial charge in [-0.3, -0.25) is 9.59 Å². The number of carbonyl (C=O) groups excluding carboxylic acids is 2. The van der Waals surface area contributed by atoms with Gasteiger partial charge in [-0.15, -0.1) is 11.3 Å². The third-order valence-corrected chi connectivity index (χ3v) is 6.45. The van der Waals surface area contributed by atoms with Crippen LogP contribution in [0.2, 0.25) is 0 Å². The molecule has 0 aliphatic heterocycles. The van der Waals surface area contributed by atoms with E-state index in [9.17, 15) is 14.9 Å². The van der Waals surface area contributed by atoms with Gasteiger partial charge in [0.2, 0.25) is 0 Å². The lowest BCUT2D eigenvalue weighted by atomic mass is 9.95. The van der Waals surface area contributed by atoms with Crippen molar-refractivity contribution in [3.8, 4) is 6.07 Å². The molecule has 2 heterocycles. The van der Waals surface area contributed by atoms with Gasteiger partial charge in [0.15, 0.2) is 0 Å². The average molecular weight is 404 g/mol. The van der Waals surface area contributed by atoms with Gasteiger partial charge in [-0.2, -0.15) is 5.26 Å². The zero-order valence-corrected chi connectivity index (χ0v) is 16.8. The quantitative estimate of drug-likeness (QED) is 0.450. The molecular formula is C22H20N4O2S. The van der Waals surface area contributed by atoms with Gasteiger partial charge in [-0.05, 0) is 50.3 Å². The minimum Gasteiger partial charge on any atom is -0.365 e. The Kier molecular flexibility index (Phi) is 4.95. The summed E-state index contributed by atoms with van der Waals surface area (Å²) in [5, 5.41) is 13.7. The Morgan fingerprint density at radius 3 is 2.79 bits per heavy atom. The van der Waals surface area contributed by atoms with Gasteiger partial charge in [0, 0.05) is 27.0 Å². The van der Waals surface area contributed by atoms with E-state index < -0.39 is 11.8 Å². The van der Waals surface area contributed by atoms with Crippen molar-refractivity contribution in [2.24, 2.45) is 5.73 Å². The van der Waals surface area contributed by atoms with E-state index in [1.807, 2.05) is 37.3 Å². The highest BCUT2D eigenvalue weighted by Crippen LogP contribution is 2.38. The monoisotopic (exact) mass is 404 g/mol. The van der Waals surface area contributed by atoms with Gasteiger partial charge in [0.25, 0.3) is 11.8 Å². The Labute approximate surface area is 172 Å². The Morgan fingerprint density at radius 2 is 2.03 bits per heavy atom. The summed E-state index contributed by atoms with van der Waals surface area (Å²) < 4.78 is 0. The molecule has 0 fully saturated rings. The molecule has 1 aliphatic carbocycles. The zero-order valence-electron chi connectivity index (χ0n) is 16.0. The average Bonchev–Trinajstić information content (AvgIpc) is 3.22. The summed E-state index contributed by atoms with van der Waals surface area (Å²) >= 11 is 1.38. The molecule has 2 amide bonds. The normalized spacial score (nSPS) is 13.7. The van der Waals surface area contributed by atoms with Gasteiger partial charge >= 0.3 is 0 Å². The number of carbonyl (C=O) groups is 2. The number of para-hydroxylation sites is 1. The first kappa shape index (κ1) is 19.0. The fourth-order valence-corrected chi connectivity index (χ4v) is 5.15. The molecule has 0 saturated carbocycles. The number of hydrogen-bond donors (Lipinski definition) is 3. The van der Waals surface area contributed by atoms with Crippen LogP contribution in [0.5, 0.6) is 0 Å². The van der Waals surface area contributed by atoms with E-state index in [1.54, 1.807) is 6.08 Å². The maximum atomic E-state index is 12.8. The lowest BCUT2D eigenvalue weighted by Gasteiger charge is -2.11. The molecule has 1 aromatic carbocycles. The highest BCUT2D eigenvalue weighted by Gasteiger charge is 2.25. The van der Waals surface area contributed by atoms with Crippen LogP contribution in [-0.4, -0.2) is 16.8 Å². The fourth-order valence-electron chi connectivity index (χ4n) is 3.86. The van der Waals surface area contributed by atoms with Crippen molar-refractivity contribution in [1.82, 2.24) is 4.98 Å². The van der Waals surface area contributed by atoms with E-state index in [-0.39, 0.29) is 5.57 Å². The van der Waals surface area contributed by atoms with Gasteiger partial charge in [-0.25, -0.2) is 0 Å². The van der Waals surface area contributed by atoms with E-state index in [2.05, 4.69) is 10.3 Å². The predicted octanol–water partition coefficient (Wildman–Crippen LogP) is 4.06. The third-order valence-electron chi connectivity index (χ3n) is 5.24. The van der Waals surface area contributed by atoms with Crippen LogP contribution < -0.4 is 11.1 Å². The summed E-state index contributed by atoms with van der Waals surface area (Å²) in [6.07, 6.45) is 5.31. The molecule has 0 atom stereocenters. The first-order valence-electron chi connectivity index (χ1n) is 9.44. The van der Waals surface area contributed by atoms with E-state index in [0.29, 0.717) is 10.6 Å². The topological polar surface area (TPSA) is 112 Å². The second kappa shape index (κ2) is 7.57. The number of aryl methyl sites for hydroxylation is 2. The molecule has 1 aliphatic rings. The molecule has 4 rings (SSSR count). The number of nitrogens with one attached hydrogen (secondary N) is 2. The molecule has 0 bridgehead atoms. The Hall–Kier alpha value is -3.37. The molecule has 7 heteroatoms. The number of rotatable bonds is 4. The number of aromatic nitrogens is 1. The van der Waals surface area contributed by atoms with Gasteiger partial charge in [0.1, 0.15) is 16.6 Å². The number of primary amides is 1. The van der Waals surface area contributed by atoms with Crippen LogP contribution in [0.25, 0.3) is 17.0 Å². The number of hydrogen-bond acceptors (Lipinski definition) is 4. The number of amides is 2. The van der Waals surface area contributed by atoms with Crippen molar-refractivity contribution < 1.29 is 9.59 Å². The molecule has 3 aromatic rings. The predicted molar refractivity (Wildman–Crippen MR) is 115 cm³/mol. The van der Waals surface area contributed by atoms with E-state index in [4.69, 9.17) is 5.73 Å². The van der Waals surface area contributed by atoms with Crippen molar-refractivity contribution in [2.75, 3.05) is 5.32 Å². The molecule has 29 heavy (non-hydrogen) atoms. The zero-order chi connectivity index (χ0) is 20.5. The second-order valence-corrected chi connectivity index (χ2v) is 8.22.